The van der Waals surface area contributed by atoms with E-state index in [4.69, 9.17) is 10.3 Å². The van der Waals surface area contributed by atoms with Crippen molar-refractivity contribution < 1.29 is 4.52 Å². The number of rotatable bonds is 3. The molecule has 0 bridgehead atoms. The first-order valence-electron chi connectivity index (χ1n) is 3.70. The summed E-state index contributed by atoms with van der Waals surface area (Å²) in [5.74, 6) is 1.00. The first kappa shape index (κ1) is 11.0. The summed E-state index contributed by atoms with van der Waals surface area (Å²) in [7, 11) is 0. The third kappa shape index (κ3) is 2.25. The summed E-state index contributed by atoms with van der Waals surface area (Å²) < 4.78 is 12.7. The first-order valence-corrected chi connectivity index (χ1v) is 4.44. The van der Waals surface area contributed by atoms with E-state index in [-0.39, 0.29) is 12.4 Å². The zero-order valence-electron chi connectivity index (χ0n) is 7.08. The van der Waals surface area contributed by atoms with Crippen LogP contribution in [0.15, 0.2) is 10.7 Å². The predicted molar refractivity (Wildman–Crippen MR) is 53.2 cm³/mol. The van der Waals surface area contributed by atoms with Crippen molar-refractivity contribution in [3.63, 3.8) is 0 Å². The van der Waals surface area contributed by atoms with Gasteiger partial charge in [0.25, 0.3) is 5.89 Å². The molecule has 2 N–H and O–H groups in total. The highest BCUT2D eigenvalue weighted by atomic mass is 35.5. The molecule has 2 heterocycles. The maximum Gasteiger partial charge on any atom is 0.279 e. The second-order valence-corrected chi connectivity index (χ2v) is 2.90. The van der Waals surface area contributed by atoms with Crippen molar-refractivity contribution >= 4 is 24.1 Å². The molecule has 8 heteroatoms. The van der Waals surface area contributed by atoms with E-state index in [9.17, 15) is 0 Å². The van der Waals surface area contributed by atoms with Crippen LogP contribution >= 0.6 is 24.1 Å². The van der Waals surface area contributed by atoms with Gasteiger partial charge in [-0.1, -0.05) is 5.16 Å². The lowest BCUT2D eigenvalue weighted by molar-refractivity contribution is 0.422. The Balaban J connectivity index is 0.000000980. The Hall–Kier alpha value is -1.05. The molecule has 0 aliphatic heterocycles. The van der Waals surface area contributed by atoms with Crippen LogP contribution in [0.5, 0.6) is 0 Å². The van der Waals surface area contributed by atoms with Gasteiger partial charge in [-0.3, -0.25) is 0 Å². The monoisotopic (exact) mass is 233 g/mol. The fourth-order valence-electron chi connectivity index (χ4n) is 0.848. The van der Waals surface area contributed by atoms with Crippen molar-refractivity contribution in [3.8, 4) is 11.6 Å². The molecule has 2 aromatic heterocycles. The standard InChI is InChI=1S/C6H7N5OS.ClH/c7-2-1-5-9-6(12-10-5)4-3-8-13-11-4;/h3H,1-2,7H2;1H. The average Bonchev–Trinajstić information content (AvgIpc) is 2.70. The Morgan fingerprint density at radius 3 is 3.00 bits per heavy atom. The van der Waals surface area contributed by atoms with Crippen LogP contribution < -0.4 is 5.73 Å². The normalized spacial score (nSPS) is 9.79. The van der Waals surface area contributed by atoms with E-state index in [0.29, 0.717) is 30.4 Å². The molecule has 0 fully saturated rings. The van der Waals surface area contributed by atoms with E-state index >= 15 is 0 Å². The average molecular weight is 234 g/mol. The number of halogens is 1. The molecule has 0 unspecified atom stereocenters. The number of aromatic nitrogens is 4. The minimum absolute atomic E-state index is 0. The number of nitrogens with two attached hydrogens (primary N) is 1. The maximum atomic E-state index is 5.34. The van der Waals surface area contributed by atoms with Gasteiger partial charge >= 0.3 is 0 Å². The van der Waals surface area contributed by atoms with Gasteiger partial charge in [0.15, 0.2) is 11.5 Å². The molecule has 0 saturated carbocycles. The van der Waals surface area contributed by atoms with E-state index in [1.54, 1.807) is 6.20 Å². The van der Waals surface area contributed by atoms with E-state index in [0.717, 1.165) is 11.7 Å². The van der Waals surface area contributed by atoms with Crippen molar-refractivity contribution in [2.45, 2.75) is 6.42 Å². The fraction of sp³-hybridized carbons (Fsp3) is 0.333. The Morgan fingerprint density at radius 1 is 1.50 bits per heavy atom. The second-order valence-electron chi connectivity index (χ2n) is 2.35. The van der Waals surface area contributed by atoms with Crippen LogP contribution in [-0.4, -0.2) is 25.4 Å². The molecule has 2 aromatic rings. The molecule has 0 spiro atoms. The van der Waals surface area contributed by atoms with Gasteiger partial charge in [0.05, 0.1) is 17.9 Å². The molecular formula is C6H8ClN5OS. The van der Waals surface area contributed by atoms with E-state index < -0.39 is 0 Å². The van der Waals surface area contributed by atoms with Crippen LogP contribution in [0.2, 0.25) is 0 Å². The van der Waals surface area contributed by atoms with Crippen LogP contribution in [0.4, 0.5) is 0 Å². The van der Waals surface area contributed by atoms with Crippen LogP contribution in [0.3, 0.4) is 0 Å². The second kappa shape index (κ2) is 4.99. The lowest BCUT2D eigenvalue weighted by atomic mass is 10.4. The first-order chi connectivity index (χ1) is 6.40. The fourth-order valence-corrected chi connectivity index (χ4v) is 1.25. The van der Waals surface area contributed by atoms with Gasteiger partial charge < -0.3 is 10.3 Å². The zero-order chi connectivity index (χ0) is 9.10. The predicted octanol–water partition coefficient (Wildman–Crippen LogP) is 0.511. The van der Waals surface area contributed by atoms with Gasteiger partial charge in [-0.2, -0.15) is 13.7 Å². The minimum atomic E-state index is 0. The van der Waals surface area contributed by atoms with Crippen LogP contribution in [0.1, 0.15) is 5.82 Å². The molecule has 6 nitrogen and oxygen atoms in total. The van der Waals surface area contributed by atoms with Gasteiger partial charge in [0.2, 0.25) is 0 Å². The van der Waals surface area contributed by atoms with Gasteiger partial charge in [-0.25, -0.2) is 0 Å². The summed E-state index contributed by atoms with van der Waals surface area (Å²) >= 11 is 1.10. The molecule has 0 aliphatic carbocycles. The van der Waals surface area contributed by atoms with Crippen LogP contribution in [-0.2, 0) is 6.42 Å². The van der Waals surface area contributed by atoms with Crippen LogP contribution in [0, 0.1) is 0 Å². The molecule has 0 aliphatic rings. The molecule has 0 aromatic carbocycles. The summed E-state index contributed by atoms with van der Waals surface area (Å²) in [5.41, 5.74) is 5.95. The molecule has 0 atom stereocenters. The third-order valence-electron chi connectivity index (χ3n) is 1.42. The van der Waals surface area contributed by atoms with E-state index in [1.165, 1.54) is 0 Å². The number of hydrogen-bond acceptors (Lipinski definition) is 7. The molecule has 76 valence electrons. The number of hydrogen-bond donors (Lipinski definition) is 1. The topological polar surface area (TPSA) is 90.7 Å². The van der Waals surface area contributed by atoms with Crippen molar-refractivity contribution in [2.24, 2.45) is 5.73 Å². The highest BCUT2D eigenvalue weighted by Crippen LogP contribution is 2.13. The smallest absolute Gasteiger partial charge is 0.279 e. The summed E-state index contributed by atoms with van der Waals surface area (Å²) in [4.78, 5) is 4.09. The molecule has 2 rings (SSSR count). The van der Waals surface area contributed by atoms with Crippen molar-refractivity contribution in [3.05, 3.63) is 12.0 Å². The summed E-state index contributed by atoms with van der Waals surface area (Å²) in [6.07, 6.45) is 2.20. The Labute approximate surface area is 90.3 Å². The Morgan fingerprint density at radius 2 is 2.36 bits per heavy atom. The van der Waals surface area contributed by atoms with Crippen molar-refractivity contribution in [1.29, 1.82) is 0 Å². The highest BCUT2D eigenvalue weighted by molar-refractivity contribution is 6.99. The molecule has 14 heavy (non-hydrogen) atoms. The lowest BCUT2D eigenvalue weighted by Gasteiger charge is -1.83. The molecule has 0 amide bonds. The largest absolute Gasteiger partial charge is 0.332 e. The molecule has 0 radical (unpaired) electrons. The number of nitrogens with zero attached hydrogens (tertiary/aromatic N) is 4. The summed E-state index contributed by atoms with van der Waals surface area (Å²) in [6, 6.07) is 0. The van der Waals surface area contributed by atoms with Gasteiger partial charge in [-0.05, 0) is 6.54 Å². The summed E-state index contributed by atoms with van der Waals surface area (Å²) in [6.45, 7) is 0.508. The Kier molecular flexibility index (Phi) is 3.93. The maximum absolute atomic E-state index is 5.34. The third-order valence-corrected chi connectivity index (χ3v) is 1.89. The summed E-state index contributed by atoms with van der Waals surface area (Å²) in [5, 5.41) is 3.73. The van der Waals surface area contributed by atoms with Gasteiger partial charge in [-0.15, -0.1) is 12.4 Å². The highest BCUT2D eigenvalue weighted by Gasteiger charge is 2.09. The van der Waals surface area contributed by atoms with Crippen molar-refractivity contribution in [2.75, 3.05) is 6.54 Å². The van der Waals surface area contributed by atoms with Gasteiger partial charge in [0, 0.05) is 6.42 Å². The van der Waals surface area contributed by atoms with Crippen LogP contribution in [0.25, 0.3) is 11.6 Å². The Bertz CT molecular complexity index is 375. The quantitative estimate of drug-likeness (QED) is 0.831. The van der Waals surface area contributed by atoms with E-state index in [2.05, 4.69) is 18.9 Å². The lowest BCUT2D eigenvalue weighted by Crippen LogP contribution is -2.03. The minimum Gasteiger partial charge on any atom is -0.332 e. The van der Waals surface area contributed by atoms with E-state index in [1.807, 2.05) is 0 Å². The molecule has 0 saturated heterocycles. The molecular weight excluding hydrogens is 226 g/mol. The zero-order valence-corrected chi connectivity index (χ0v) is 8.72. The SMILES string of the molecule is Cl.NCCc1noc(-c2cnsn2)n1. The van der Waals surface area contributed by atoms with Crippen molar-refractivity contribution in [1.82, 2.24) is 18.9 Å². The van der Waals surface area contributed by atoms with Gasteiger partial charge in [0.1, 0.15) is 0 Å².